The summed E-state index contributed by atoms with van der Waals surface area (Å²) in [6.07, 6.45) is 4.18. The standard InChI is InChI=1S/C18H16FN3O2S/c19-14-6-1-2-7-16(14)24-10-4-8-17(23)22-18-21-15(12-25-18)13-5-3-9-20-11-13/h1-3,5-7,9,11-12H,4,8,10H2,(H,21,22,23). The Labute approximate surface area is 148 Å². The number of thiazole rings is 1. The Morgan fingerprint density at radius 1 is 1.24 bits per heavy atom. The van der Waals surface area contributed by atoms with Gasteiger partial charge >= 0.3 is 0 Å². The highest BCUT2D eigenvalue weighted by Crippen LogP contribution is 2.24. The Balaban J connectivity index is 1.44. The molecule has 0 bridgehead atoms. The summed E-state index contributed by atoms with van der Waals surface area (Å²) >= 11 is 1.36. The van der Waals surface area contributed by atoms with Crippen LogP contribution < -0.4 is 10.1 Å². The normalized spacial score (nSPS) is 10.4. The lowest BCUT2D eigenvalue weighted by Gasteiger charge is -2.06. The molecule has 0 saturated heterocycles. The van der Waals surface area contributed by atoms with Crippen LogP contribution in [0.5, 0.6) is 5.75 Å². The SMILES string of the molecule is O=C(CCCOc1ccccc1F)Nc1nc(-c2cccnc2)cs1. The van der Waals surface area contributed by atoms with Crippen molar-refractivity contribution in [2.75, 3.05) is 11.9 Å². The summed E-state index contributed by atoms with van der Waals surface area (Å²) in [7, 11) is 0. The van der Waals surface area contributed by atoms with Gasteiger partial charge in [0, 0.05) is 29.8 Å². The summed E-state index contributed by atoms with van der Waals surface area (Å²) < 4.78 is 18.7. The van der Waals surface area contributed by atoms with Crippen LogP contribution in [0.2, 0.25) is 0 Å². The van der Waals surface area contributed by atoms with Crippen molar-refractivity contribution in [3.63, 3.8) is 0 Å². The maximum atomic E-state index is 13.4. The van der Waals surface area contributed by atoms with Crippen molar-refractivity contribution in [2.24, 2.45) is 0 Å². The summed E-state index contributed by atoms with van der Waals surface area (Å²) in [5, 5.41) is 5.17. The second-order valence-corrected chi connectivity index (χ2v) is 6.07. The summed E-state index contributed by atoms with van der Waals surface area (Å²) in [6.45, 7) is 0.271. The number of carbonyl (C=O) groups excluding carboxylic acids is 1. The summed E-state index contributed by atoms with van der Waals surface area (Å²) in [4.78, 5) is 20.4. The largest absolute Gasteiger partial charge is 0.491 e. The van der Waals surface area contributed by atoms with Crippen molar-refractivity contribution in [3.05, 3.63) is 60.0 Å². The van der Waals surface area contributed by atoms with E-state index in [0.29, 0.717) is 11.6 Å². The van der Waals surface area contributed by atoms with E-state index >= 15 is 0 Å². The highest BCUT2D eigenvalue weighted by atomic mass is 32.1. The van der Waals surface area contributed by atoms with E-state index < -0.39 is 5.82 Å². The molecule has 3 rings (SSSR count). The molecule has 25 heavy (non-hydrogen) atoms. The lowest BCUT2D eigenvalue weighted by atomic mass is 10.2. The minimum absolute atomic E-state index is 0.149. The van der Waals surface area contributed by atoms with Crippen LogP contribution in [-0.2, 0) is 4.79 Å². The van der Waals surface area contributed by atoms with Gasteiger partial charge in [-0.3, -0.25) is 9.78 Å². The molecule has 0 saturated carbocycles. The van der Waals surface area contributed by atoms with Crippen molar-refractivity contribution in [1.82, 2.24) is 9.97 Å². The molecule has 2 heterocycles. The zero-order valence-electron chi connectivity index (χ0n) is 13.3. The van der Waals surface area contributed by atoms with E-state index in [1.165, 1.54) is 17.4 Å². The first-order valence-electron chi connectivity index (χ1n) is 7.75. The van der Waals surface area contributed by atoms with E-state index in [9.17, 15) is 9.18 Å². The number of hydrogen-bond acceptors (Lipinski definition) is 5. The van der Waals surface area contributed by atoms with Crippen LogP contribution in [-0.4, -0.2) is 22.5 Å². The number of halogens is 1. The topological polar surface area (TPSA) is 64.1 Å². The zero-order chi connectivity index (χ0) is 17.5. The average Bonchev–Trinajstić information content (AvgIpc) is 3.09. The van der Waals surface area contributed by atoms with Gasteiger partial charge < -0.3 is 10.1 Å². The van der Waals surface area contributed by atoms with Gasteiger partial charge in [-0.25, -0.2) is 9.37 Å². The van der Waals surface area contributed by atoms with E-state index in [4.69, 9.17) is 4.74 Å². The Bertz CT molecular complexity index is 839. The molecule has 0 atom stereocenters. The van der Waals surface area contributed by atoms with Gasteiger partial charge in [0.1, 0.15) is 0 Å². The average molecular weight is 357 g/mol. The molecule has 0 aliphatic rings. The number of para-hydroxylation sites is 1. The van der Waals surface area contributed by atoms with Crippen molar-refractivity contribution in [3.8, 4) is 17.0 Å². The first-order valence-corrected chi connectivity index (χ1v) is 8.63. The lowest BCUT2D eigenvalue weighted by molar-refractivity contribution is -0.116. The van der Waals surface area contributed by atoms with Crippen LogP contribution >= 0.6 is 11.3 Å². The maximum absolute atomic E-state index is 13.4. The molecule has 0 radical (unpaired) electrons. The second kappa shape index (κ2) is 8.34. The second-order valence-electron chi connectivity index (χ2n) is 5.21. The van der Waals surface area contributed by atoms with Gasteiger partial charge in [0.25, 0.3) is 0 Å². The minimum Gasteiger partial charge on any atom is -0.491 e. The van der Waals surface area contributed by atoms with Crippen LogP contribution in [0.25, 0.3) is 11.3 Å². The summed E-state index contributed by atoms with van der Waals surface area (Å²) in [6, 6.07) is 9.95. The van der Waals surface area contributed by atoms with Gasteiger partial charge in [-0.2, -0.15) is 0 Å². The quantitative estimate of drug-likeness (QED) is 0.646. The molecule has 1 amide bonds. The molecule has 0 unspecified atom stereocenters. The third-order valence-electron chi connectivity index (χ3n) is 3.35. The van der Waals surface area contributed by atoms with Crippen molar-refractivity contribution in [1.29, 1.82) is 0 Å². The predicted molar refractivity (Wildman–Crippen MR) is 95.1 cm³/mol. The number of carbonyl (C=O) groups is 1. The first-order chi connectivity index (χ1) is 12.2. The lowest BCUT2D eigenvalue weighted by Crippen LogP contribution is -2.12. The fourth-order valence-corrected chi connectivity index (χ4v) is 2.87. The molecule has 1 aromatic carbocycles. The number of anilines is 1. The van der Waals surface area contributed by atoms with E-state index in [2.05, 4.69) is 15.3 Å². The zero-order valence-corrected chi connectivity index (χ0v) is 14.1. The van der Waals surface area contributed by atoms with Gasteiger partial charge in [-0.1, -0.05) is 12.1 Å². The maximum Gasteiger partial charge on any atom is 0.226 e. The van der Waals surface area contributed by atoms with Crippen LogP contribution in [0.1, 0.15) is 12.8 Å². The molecule has 7 heteroatoms. The third-order valence-corrected chi connectivity index (χ3v) is 4.11. The molecule has 5 nitrogen and oxygen atoms in total. The van der Waals surface area contributed by atoms with Gasteiger partial charge in [-0.15, -0.1) is 11.3 Å². The Morgan fingerprint density at radius 2 is 2.12 bits per heavy atom. The molecule has 2 aromatic heterocycles. The number of rotatable bonds is 7. The Kier molecular flexibility index (Phi) is 5.69. The molecular formula is C18H16FN3O2S. The Morgan fingerprint density at radius 3 is 2.92 bits per heavy atom. The number of benzene rings is 1. The van der Waals surface area contributed by atoms with E-state index in [-0.39, 0.29) is 24.7 Å². The number of ether oxygens (including phenoxy) is 1. The number of nitrogens with one attached hydrogen (secondary N) is 1. The highest BCUT2D eigenvalue weighted by Gasteiger charge is 2.08. The van der Waals surface area contributed by atoms with E-state index in [0.717, 1.165) is 11.3 Å². The molecule has 0 aliphatic carbocycles. The Hall–Kier alpha value is -2.80. The number of hydrogen-bond donors (Lipinski definition) is 1. The minimum atomic E-state index is -0.405. The monoisotopic (exact) mass is 357 g/mol. The fraction of sp³-hybridized carbons (Fsp3) is 0.167. The van der Waals surface area contributed by atoms with Crippen molar-refractivity contribution >= 4 is 22.4 Å². The van der Waals surface area contributed by atoms with Gasteiger partial charge in [0.2, 0.25) is 5.91 Å². The fourth-order valence-electron chi connectivity index (χ4n) is 2.14. The molecule has 0 aliphatic heterocycles. The molecule has 3 aromatic rings. The number of pyridine rings is 1. The van der Waals surface area contributed by atoms with Crippen LogP contribution in [0.3, 0.4) is 0 Å². The van der Waals surface area contributed by atoms with Gasteiger partial charge in [0.15, 0.2) is 16.7 Å². The predicted octanol–water partition coefficient (Wildman–Crippen LogP) is 4.14. The summed E-state index contributed by atoms with van der Waals surface area (Å²) in [5.41, 5.74) is 1.67. The summed E-state index contributed by atoms with van der Waals surface area (Å²) in [5.74, 6) is -0.356. The number of aromatic nitrogens is 2. The number of nitrogens with zero attached hydrogens (tertiary/aromatic N) is 2. The highest BCUT2D eigenvalue weighted by molar-refractivity contribution is 7.14. The number of amides is 1. The molecule has 1 N–H and O–H groups in total. The van der Waals surface area contributed by atoms with Crippen LogP contribution in [0, 0.1) is 5.82 Å². The third kappa shape index (κ3) is 4.84. The van der Waals surface area contributed by atoms with Gasteiger partial charge in [-0.05, 0) is 30.7 Å². The molecule has 128 valence electrons. The molecule has 0 spiro atoms. The first kappa shape index (κ1) is 17.0. The van der Waals surface area contributed by atoms with Gasteiger partial charge in [0.05, 0.1) is 12.3 Å². The van der Waals surface area contributed by atoms with Crippen LogP contribution in [0.15, 0.2) is 54.2 Å². The van der Waals surface area contributed by atoms with Crippen molar-refractivity contribution in [2.45, 2.75) is 12.8 Å². The van der Waals surface area contributed by atoms with E-state index in [1.54, 1.807) is 30.6 Å². The van der Waals surface area contributed by atoms with E-state index in [1.807, 2.05) is 17.5 Å². The molecular weight excluding hydrogens is 341 g/mol. The smallest absolute Gasteiger partial charge is 0.226 e. The van der Waals surface area contributed by atoms with Crippen molar-refractivity contribution < 1.29 is 13.9 Å². The molecule has 0 fully saturated rings. The van der Waals surface area contributed by atoms with Crippen LogP contribution in [0.4, 0.5) is 9.52 Å².